The van der Waals surface area contributed by atoms with Crippen LogP contribution in [0.1, 0.15) is 37.2 Å². The van der Waals surface area contributed by atoms with Gasteiger partial charge in [0.15, 0.2) is 0 Å². The Balaban J connectivity index is 3.06. The Morgan fingerprint density at radius 2 is 2.19 bits per heavy atom. The van der Waals surface area contributed by atoms with Crippen LogP contribution in [0.3, 0.4) is 0 Å². The second-order valence-corrected chi connectivity index (χ2v) is 3.34. The van der Waals surface area contributed by atoms with Gasteiger partial charge in [0.05, 0.1) is 19.3 Å². The summed E-state index contributed by atoms with van der Waals surface area (Å²) in [4.78, 5) is 0. The van der Waals surface area contributed by atoms with E-state index in [0.29, 0.717) is 6.42 Å². The predicted octanol–water partition coefficient (Wildman–Crippen LogP) is 1.31. The van der Waals surface area contributed by atoms with Gasteiger partial charge in [-0.05, 0) is 6.42 Å². The Kier molecular flexibility index (Phi) is 4.75. The van der Waals surface area contributed by atoms with Crippen LogP contribution in [0.5, 0.6) is 0 Å². The number of aliphatic hydroxyl groups excluding tert-OH is 1. The Bertz CT molecular complexity index is 331. The molecule has 0 saturated carbocycles. The van der Waals surface area contributed by atoms with E-state index in [9.17, 15) is 8.78 Å². The molecule has 0 amide bonds. The number of hydrogen-bond donors (Lipinski definition) is 1. The zero-order valence-electron chi connectivity index (χ0n) is 9.23. The van der Waals surface area contributed by atoms with Crippen LogP contribution in [-0.2, 0) is 11.3 Å². The number of hydrogen-bond acceptors (Lipinski definition) is 4. The van der Waals surface area contributed by atoms with Gasteiger partial charge < -0.3 is 9.84 Å². The molecule has 1 atom stereocenters. The van der Waals surface area contributed by atoms with E-state index in [0.717, 1.165) is 4.68 Å². The molecular weight excluding hydrogens is 220 g/mol. The van der Waals surface area contributed by atoms with Gasteiger partial charge in [-0.1, -0.05) is 12.1 Å². The number of halogens is 2. The lowest BCUT2D eigenvalue weighted by atomic mass is 10.2. The molecule has 1 N–H and O–H groups in total. The third-order valence-electron chi connectivity index (χ3n) is 2.34. The molecule has 0 fully saturated rings. The van der Waals surface area contributed by atoms with Crippen molar-refractivity contribution in [3.8, 4) is 0 Å². The Morgan fingerprint density at radius 3 is 2.62 bits per heavy atom. The first-order chi connectivity index (χ1) is 7.65. The van der Waals surface area contributed by atoms with Crippen molar-refractivity contribution in [2.45, 2.75) is 32.4 Å². The van der Waals surface area contributed by atoms with Gasteiger partial charge in [-0.25, -0.2) is 13.5 Å². The van der Waals surface area contributed by atoms with Gasteiger partial charge in [-0.15, -0.1) is 5.10 Å². The molecule has 5 nitrogen and oxygen atoms in total. The quantitative estimate of drug-likeness (QED) is 0.807. The second kappa shape index (κ2) is 5.86. The molecule has 92 valence electrons. The van der Waals surface area contributed by atoms with Gasteiger partial charge in [-0.2, -0.15) is 0 Å². The van der Waals surface area contributed by atoms with Crippen molar-refractivity contribution in [3.05, 3.63) is 11.4 Å². The summed E-state index contributed by atoms with van der Waals surface area (Å²) in [5.41, 5.74) is -0.407. The lowest BCUT2D eigenvalue weighted by molar-refractivity contribution is 0.112. The van der Waals surface area contributed by atoms with Gasteiger partial charge in [-0.3, -0.25) is 0 Å². The van der Waals surface area contributed by atoms with Crippen molar-refractivity contribution in [1.29, 1.82) is 0 Å². The number of methoxy groups -OCH3 is 1. The van der Waals surface area contributed by atoms with E-state index in [2.05, 4.69) is 10.3 Å². The topological polar surface area (TPSA) is 60.2 Å². The number of nitrogens with zero attached hydrogens (tertiary/aromatic N) is 3. The molecule has 0 aromatic carbocycles. The van der Waals surface area contributed by atoms with Crippen molar-refractivity contribution < 1.29 is 18.6 Å². The molecule has 0 aliphatic carbocycles. The third-order valence-corrected chi connectivity index (χ3v) is 2.34. The fourth-order valence-corrected chi connectivity index (χ4v) is 1.50. The molecule has 0 radical (unpaired) electrons. The third kappa shape index (κ3) is 2.53. The van der Waals surface area contributed by atoms with E-state index in [4.69, 9.17) is 9.84 Å². The highest BCUT2D eigenvalue weighted by molar-refractivity contribution is 5.11. The molecule has 7 heteroatoms. The molecule has 1 aromatic heterocycles. The molecule has 16 heavy (non-hydrogen) atoms. The summed E-state index contributed by atoms with van der Waals surface area (Å²) in [5.74, 6) is 0. The van der Waals surface area contributed by atoms with Crippen LogP contribution in [0, 0.1) is 0 Å². The second-order valence-electron chi connectivity index (χ2n) is 3.34. The average Bonchev–Trinajstić information content (AvgIpc) is 2.69. The lowest BCUT2D eigenvalue weighted by Crippen LogP contribution is -2.18. The van der Waals surface area contributed by atoms with Crippen LogP contribution in [0.2, 0.25) is 0 Å². The molecule has 1 heterocycles. The summed E-state index contributed by atoms with van der Waals surface area (Å²) in [6, 6.07) is -0.290. The number of ether oxygens (including phenoxy) is 1. The molecular formula is C9H15F2N3O2. The van der Waals surface area contributed by atoms with Gasteiger partial charge in [0, 0.05) is 7.11 Å². The highest BCUT2D eigenvalue weighted by atomic mass is 19.3. The predicted molar refractivity (Wildman–Crippen MR) is 52.1 cm³/mol. The lowest BCUT2D eigenvalue weighted by Gasteiger charge is -2.16. The first-order valence-electron chi connectivity index (χ1n) is 4.97. The number of alkyl halides is 2. The van der Waals surface area contributed by atoms with Gasteiger partial charge >= 0.3 is 0 Å². The maximum atomic E-state index is 12.8. The van der Waals surface area contributed by atoms with E-state index in [-0.39, 0.29) is 24.0 Å². The maximum absolute atomic E-state index is 12.8. The van der Waals surface area contributed by atoms with Crippen molar-refractivity contribution in [2.24, 2.45) is 0 Å². The molecule has 1 aromatic rings. The van der Waals surface area contributed by atoms with Crippen molar-refractivity contribution in [1.82, 2.24) is 15.0 Å². The summed E-state index contributed by atoms with van der Waals surface area (Å²) in [5, 5.41) is 16.1. The average molecular weight is 235 g/mol. The maximum Gasteiger partial charge on any atom is 0.282 e. The molecule has 0 spiro atoms. The summed E-state index contributed by atoms with van der Waals surface area (Å²) in [7, 11) is 1.49. The zero-order chi connectivity index (χ0) is 12.1. The zero-order valence-corrected chi connectivity index (χ0v) is 9.23. The van der Waals surface area contributed by atoms with Gasteiger partial charge in [0.25, 0.3) is 6.43 Å². The highest BCUT2D eigenvalue weighted by Gasteiger charge is 2.25. The number of aromatic nitrogens is 3. The molecule has 0 aliphatic rings. The van der Waals surface area contributed by atoms with E-state index in [1.165, 1.54) is 7.11 Å². The minimum atomic E-state index is -2.71. The van der Waals surface area contributed by atoms with Gasteiger partial charge in [0.2, 0.25) is 0 Å². The summed E-state index contributed by atoms with van der Waals surface area (Å²) in [6.07, 6.45) is -2.11. The Labute approximate surface area is 92.0 Å². The normalized spacial score (nSPS) is 13.4. The van der Waals surface area contributed by atoms with Crippen LogP contribution in [0.4, 0.5) is 8.78 Å². The van der Waals surface area contributed by atoms with Crippen LogP contribution >= 0.6 is 0 Å². The summed E-state index contributed by atoms with van der Waals surface area (Å²) >= 11 is 0. The van der Waals surface area contributed by atoms with Crippen LogP contribution < -0.4 is 0 Å². The van der Waals surface area contributed by atoms with Crippen molar-refractivity contribution in [2.75, 3.05) is 13.7 Å². The summed E-state index contributed by atoms with van der Waals surface area (Å²) in [6.45, 7) is 1.59. The fraction of sp³-hybridized carbons (Fsp3) is 0.778. The fourth-order valence-electron chi connectivity index (χ4n) is 1.50. The highest BCUT2D eigenvalue weighted by Crippen LogP contribution is 2.25. The SMILES string of the molecule is CCC(COC)n1nnc(CO)c1C(F)F. The van der Waals surface area contributed by atoms with Crippen molar-refractivity contribution in [3.63, 3.8) is 0 Å². The molecule has 0 aliphatic heterocycles. The first-order valence-corrected chi connectivity index (χ1v) is 4.97. The molecule has 1 unspecified atom stereocenters. The summed E-state index contributed by atoms with van der Waals surface area (Å²) < 4.78 is 31.7. The Hall–Kier alpha value is -1.08. The smallest absolute Gasteiger partial charge is 0.282 e. The number of aliphatic hydroxyl groups is 1. The largest absolute Gasteiger partial charge is 0.390 e. The van der Waals surface area contributed by atoms with Crippen LogP contribution in [-0.4, -0.2) is 33.8 Å². The first kappa shape index (κ1) is 13.0. The minimum Gasteiger partial charge on any atom is -0.390 e. The standard InChI is InChI=1S/C9H15F2N3O2/c1-3-6(5-16-2)14-8(9(10)11)7(4-15)12-13-14/h6,9,15H,3-5H2,1-2H3. The minimum absolute atomic E-state index is 0.0791. The monoisotopic (exact) mass is 235 g/mol. The number of rotatable bonds is 6. The molecule has 0 saturated heterocycles. The van der Waals surface area contributed by atoms with Crippen molar-refractivity contribution >= 4 is 0 Å². The van der Waals surface area contributed by atoms with E-state index < -0.39 is 13.0 Å². The van der Waals surface area contributed by atoms with Gasteiger partial charge in [0.1, 0.15) is 11.4 Å². The van der Waals surface area contributed by atoms with E-state index >= 15 is 0 Å². The van der Waals surface area contributed by atoms with E-state index in [1.54, 1.807) is 0 Å². The van der Waals surface area contributed by atoms with E-state index in [1.807, 2.05) is 6.92 Å². The Morgan fingerprint density at radius 1 is 1.50 bits per heavy atom. The van der Waals surface area contributed by atoms with Crippen LogP contribution in [0.25, 0.3) is 0 Å². The van der Waals surface area contributed by atoms with Crippen LogP contribution in [0.15, 0.2) is 0 Å². The molecule has 0 bridgehead atoms. The molecule has 1 rings (SSSR count).